The molecule has 2 amide bonds. The van der Waals surface area contributed by atoms with Crippen molar-refractivity contribution in [3.8, 4) is 6.07 Å². The summed E-state index contributed by atoms with van der Waals surface area (Å²) >= 11 is 0. The Labute approximate surface area is 216 Å². The summed E-state index contributed by atoms with van der Waals surface area (Å²) in [5, 5.41) is 15.8. The summed E-state index contributed by atoms with van der Waals surface area (Å²) < 4.78 is 10.9. The van der Waals surface area contributed by atoms with E-state index in [9.17, 15) is 14.9 Å². The summed E-state index contributed by atoms with van der Waals surface area (Å²) in [5.41, 5.74) is -0.800. The van der Waals surface area contributed by atoms with Gasteiger partial charge in [0.25, 0.3) is 0 Å². The number of alkyl carbamates (subject to hydrolysis) is 1. The zero-order valence-electron chi connectivity index (χ0n) is 22.2. The molecule has 0 bridgehead atoms. The molecule has 1 atom stereocenters. The molecule has 0 spiro atoms. The summed E-state index contributed by atoms with van der Waals surface area (Å²) in [4.78, 5) is 33.1. The number of amides is 2. The van der Waals surface area contributed by atoms with Crippen LogP contribution in [0.5, 0.6) is 0 Å². The number of nitrogens with one attached hydrogen (secondary N) is 2. The molecule has 0 aromatic rings. The Bertz CT molecular complexity index is 774. The predicted molar refractivity (Wildman–Crippen MR) is 139 cm³/mol. The van der Waals surface area contributed by atoms with Crippen LogP contribution in [0.15, 0.2) is 4.99 Å². The topological polar surface area (TPSA) is 116 Å². The minimum absolute atomic E-state index is 0.000917. The Hall–Kier alpha value is -2.18. The van der Waals surface area contributed by atoms with E-state index in [0.717, 1.165) is 38.5 Å². The number of likely N-dealkylation sites (N-methyl/N-ethyl adjacent to an activating group) is 1. The maximum absolute atomic E-state index is 13.6. The zero-order valence-corrected chi connectivity index (χ0v) is 22.2. The Balaban J connectivity index is 1.81. The summed E-state index contributed by atoms with van der Waals surface area (Å²) in [6, 6.07) is 1.73. The van der Waals surface area contributed by atoms with Gasteiger partial charge in [0.2, 0.25) is 5.91 Å². The van der Waals surface area contributed by atoms with E-state index in [1.54, 1.807) is 0 Å². The number of ether oxygens (including phenoxy) is 2. The van der Waals surface area contributed by atoms with E-state index in [2.05, 4.69) is 16.7 Å². The van der Waals surface area contributed by atoms with Crippen LogP contribution in [0.2, 0.25) is 0 Å². The van der Waals surface area contributed by atoms with Crippen molar-refractivity contribution in [1.29, 1.82) is 5.26 Å². The van der Waals surface area contributed by atoms with Gasteiger partial charge >= 0.3 is 6.09 Å². The van der Waals surface area contributed by atoms with E-state index in [1.807, 2.05) is 19.0 Å². The molecule has 0 unspecified atom stereocenters. The van der Waals surface area contributed by atoms with Crippen LogP contribution in [0.4, 0.5) is 4.79 Å². The van der Waals surface area contributed by atoms with Gasteiger partial charge in [0.05, 0.1) is 6.07 Å². The molecule has 3 rings (SSSR count). The molecule has 2 saturated carbocycles. The van der Waals surface area contributed by atoms with Gasteiger partial charge < -0.3 is 19.7 Å². The summed E-state index contributed by atoms with van der Waals surface area (Å²) in [5.74, 6) is 0.729. The third-order valence-electron chi connectivity index (χ3n) is 7.77. The largest absolute Gasteiger partial charge is 0.448 e. The number of carbonyl (C=O) groups excluding carboxylic acids is 2. The van der Waals surface area contributed by atoms with Crippen LogP contribution in [0.3, 0.4) is 0 Å². The molecule has 36 heavy (non-hydrogen) atoms. The van der Waals surface area contributed by atoms with E-state index in [-0.39, 0.29) is 18.4 Å². The minimum Gasteiger partial charge on any atom is -0.448 e. The highest BCUT2D eigenvalue weighted by atomic mass is 16.5. The molecule has 1 saturated heterocycles. The maximum Gasteiger partial charge on any atom is 0.412 e. The van der Waals surface area contributed by atoms with Crippen LogP contribution in [0.25, 0.3) is 0 Å². The first-order valence-corrected chi connectivity index (χ1v) is 13.9. The Morgan fingerprint density at radius 1 is 1.08 bits per heavy atom. The summed E-state index contributed by atoms with van der Waals surface area (Å²) in [7, 11) is 3.84. The highest BCUT2D eigenvalue weighted by Crippen LogP contribution is 2.31. The first-order chi connectivity index (χ1) is 17.4. The van der Waals surface area contributed by atoms with E-state index < -0.39 is 17.7 Å². The molecule has 1 heterocycles. The van der Waals surface area contributed by atoms with Crippen LogP contribution in [-0.4, -0.2) is 74.8 Å². The number of aliphatic imine (C=N–C) groups is 1. The van der Waals surface area contributed by atoms with Crippen LogP contribution in [0, 0.1) is 23.2 Å². The van der Waals surface area contributed by atoms with Gasteiger partial charge in [-0.25, -0.2) is 4.79 Å². The highest BCUT2D eigenvalue weighted by Gasteiger charge is 2.38. The molecule has 9 heteroatoms. The smallest absolute Gasteiger partial charge is 0.412 e. The van der Waals surface area contributed by atoms with Crippen molar-refractivity contribution in [2.75, 3.05) is 40.5 Å². The van der Waals surface area contributed by atoms with Crippen molar-refractivity contribution >= 4 is 17.8 Å². The first-order valence-electron chi connectivity index (χ1n) is 13.9. The van der Waals surface area contributed by atoms with Crippen LogP contribution in [0.1, 0.15) is 83.5 Å². The molecule has 3 aliphatic rings. The lowest BCUT2D eigenvalue weighted by molar-refractivity contribution is -0.124. The van der Waals surface area contributed by atoms with Crippen molar-refractivity contribution in [2.24, 2.45) is 16.8 Å². The molecule has 1 aliphatic heterocycles. The van der Waals surface area contributed by atoms with E-state index in [1.165, 1.54) is 25.7 Å². The number of nitriles is 1. The van der Waals surface area contributed by atoms with Crippen molar-refractivity contribution in [3.05, 3.63) is 0 Å². The third-order valence-corrected chi connectivity index (χ3v) is 7.77. The second-order valence-electron chi connectivity index (χ2n) is 11.0. The molecule has 202 valence electrons. The average molecular weight is 504 g/mol. The maximum atomic E-state index is 13.6. The van der Waals surface area contributed by atoms with Gasteiger partial charge in [0.1, 0.15) is 24.0 Å². The fourth-order valence-electron chi connectivity index (χ4n) is 5.54. The van der Waals surface area contributed by atoms with Crippen LogP contribution in [-0.2, 0) is 14.3 Å². The molecule has 3 fully saturated rings. The summed E-state index contributed by atoms with van der Waals surface area (Å²) in [6.07, 6.45) is 11.8. The van der Waals surface area contributed by atoms with Crippen molar-refractivity contribution in [1.82, 2.24) is 15.5 Å². The average Bonchev–Trinajstić information content (AvgIpc) is 3.18. The predicted octanol–water partition coefficient (Wildman–Crippen LogP) is 3.78. The lowest BCUT2D eigenvalue weighted by Crippen LogP contribution is -2.50. The molecule has 2 aliphatic carbocycles. The fraction of sp³-hybridized carbons (Fsp3) is 0.852. The number of amidine groups is 1. The van der Waals surface area contributed by atoms with Crippen molar-refractivity contribution in [2.45, 2.75) is 95.1 Å². The number of hydrogen-bond donors (Lipinski definition) is 2. The highest BCUT2D eigenvalue weighted by molar-refractivity contribution is 5.98. The van der Waals surface area contributed by atoms with Crippen LogP contribution < -0.4 is 10.6 Å². The first kappa shape index (κ1) is 28.4. The molecule has 9 nitrogen and oxygen atoms in total. The van der Waals surface area contributed by atoms with E-state index >= 15 is 0 Å². The second-order valence-corrected chi connectivity index (χ2v) is 11.0. The van der Waals surface area contributed by atoms with Gasteiger partial charge in [-0.2, -0.15) is 5.26 Å². The monoisotopic (exact) mass is 503 g/mol. The standard InChI is InChI=1S/C27H45N5O4/c1-32(2)15-18-36-26(34)30-24(22-11-16-35-17-12-22)29-23(19-21-9-5-3-4-6-10-21)25(33)31-27(20-28)13-7-8-14-27/h21-23H,3-19H2,1-2H3,(H,31,33)(H,29,30,34)/t23-/m0/s1. The van der Waals surface area contributed by atoms with Gasteiger partial charge in [0, 0.05) is 25.7 Å². The van der Waals surface area contributed by atoms with Crippen LogP contribution >= 0.6 is 0 Å². The molecule has 2 N–H and O–H groups in total. The quantitative estimate of drug-likeness (QED) is 0.281. The minimum atomic E-state index is -0.800. The van der Waals surface area contributed by atoms with Gasteiger partial charge in [0.15, 0.2) is 0 Å². The molecular weight excluding hydrogens is 458 g/mol. The Kier molecular flexibility index (Phi) is 11.5. The molecule has 0 aromatic heterocycles. The van der Waals surface area contributed by atoms with Gasteiger partial charge in [-0.1, -0.05) is 38.5 Å². The van der Waals surface area contributed by atoms with Gasteiger partial charge in [-0.3, -0.25) is 15.1 Å². The van der Waals surface area contributed by atoms with Gasteiger partial charge in [-0.15, -0.1) is 0 Å². The fourth-order valence-corrected chi connectivity index (χ4v) is 5.54. The second kappa shape index (κ2) is 14.5. The summed E-state index contributed by atoms with van der Waals surface area (Å²) in [6.45, 7) is 2.09. The Morgan fingerprint density at radius 3 is 2.36 bits per heavy atom. The number of carbonyl (C=O) groups is 2. The lowest BCUT2D eigenvalue weighted by Gasteiger charge is -2.28. The van der Waals surface area contributed by atoms with Gasteiger partial charge in [-0.05, 0) is 65.0 Å². The van der Waals surface area contributed by atoms with E-state index in [4.69, 9.17) is 14.5 Å². The Morgan fingerprint density at radius 2 is 1.75 bits per heavy atom. The molecular formula is C27H45N5O4. The SMILES string of the molecule is CN(C)CCOC(=O)NC(=N[C@@H](CC1CCCCCC1)C(=O)NC1(C#N)CCCC1)C1CCOCC1. The number of rotatable bonds is 9. The molecule has 0 radical (unpaired) electrons. The van der Waals surface area contributed by atoms with Crippen molar-refractivity contribution in [3.63, 3.8) is 0 Å². The number of nitrogens with zero attached hydrogens (tertiary/aromatic N) is 3. The zero-order chi connectivity index (χ0) is 25.8. The number of hydrogen-bond acceptors (Lipinski definition) is 7. The normalized spacial score (nSPS) is 22.4. The van der Waals surface area contributed by atoms with E-state index in [0.29, 0.717) is 50.8 Å². The third kappa shape index (κ3) is 9.04. The van der Waals surface area contributed by atoms with Crippen molar-refractivity contribution < 1.29 is 19.1 Å². The lowest BCUT2D eigenvalue weighted by atomic mass is 9.91. The molecule has 0 aromatic carbocycles.